The number of ether oxygens (including phenoxy) is 1. The molecule has 1 aliphatic heterocycles. The van der Waals surface area contributed by atoms with Crippen LogP contribution in [0.15, 0.2) is 53.0 Å². The molecular formula is C22H25BrFNO3. The van der Waals surface area contributed by atoms with Crippen LogP contribution < -0.4 is 0 Å². The molecule has 1 fully saturated rings. The third-order valence-electron chi connectivity index (χ3n) is 5.45. The van der Waals surface area contributed by atoms with Crippen LogP contribution in [0.25, 0.3) is 0 Å². The molecule has 0 aromatic heterocycles. The second kappa shape index (κ2) is 8.62. The minimum Gasteiger partial charge on any atom is -0.438 e. The predicted octanol–water partition coefficient (Wildman–Crippen LogP) is 5.41. The van der Waals surface area contributed by atoms with E-state index in [1.807, 2.05) is 38.1 Å². The van der Waals surface area contributed by atoms with E-state index in [-0.39, 0.29) is 24.4 Å². The summed E-state index contributed by atoms with van der Waals surface area (Å²) in [7, 11) is 0. The third-order valence-corrected chi connectivity index (χ3v) is 5.98. The van der Waals surface area contributed by atoms with E-state index in [1.165, 1.54) is 12.1 Å². The van der Waals surface area contributed by atoms with Crippen molar-refractivity contribution >= 4 is 22.0 Å². The molecule has 0 bridgehead atoms. The monoisotopic (exact) mass is 449 g/mol. The zero-order valence-electron chi connectivity index (χ0n) is 16.1. The highest BCUT2D eigenvalue weighted by Gasteiger charge is 2.44. The fraction of sp³-hybridized carbons (Fsp3) is 0.409. The molecule has 1 amide bonds. The number of amides is 1. The van der Waals surface area contributed by atoms with Crippen molar-refractivity contribution in [3.8, 4) is 0 Å². The number of nitrogens with zero attached hydrogens (tertiary/aromatic N) is 1. The van der Waals surface area contributed by atoms with Crippen LogP contribution in [-0.4, -0.2) is 29.3 Å². The Morgan fingerprint density at radius 3 is 2.39 bits per heavy atom. The number of aliphatic hydroxyl groups is 1. The first-order chi connectivity index (χ1) is 13.3. The molecule has 0 aliphatic carbocycles. The standard InChI is InChI=1S/C22H25BrFNO3/c1-15(14-26)13-22(18-5-9-20(24)10-6-18)11-12-25(21(27)28-22)16(2)17-3-7-19(23)8-4-17/h3-10,15-16,26H,11-14H2,1-2H3/t15?,16?,22-/m0/s1. The lowest BCUT2D eigenvalue weighted by Gasteiger charge is -2.44. The Morgan fingerprint density at radius 2 is 1.82 bits per heavy atom. The van der Waals surface area contributed by atoms with Gasteiger partial charge in [-0.1, -0.05) is 47.1 Å². The summed E-state index contributed by atoms with van der Waals surface area (Å²) in [5, 5.41) is 9.53. The number of rotatable bonds is 6. The quantitative estimate of drug-likeness (QED) is 0.641. The van der Waals surface area contributed by atoms with Gasteiger partial charge in [0.25, 0.3) is 0 Å². The maximum absolute atomic E-state index is 13.4. The number of cyclic esters (lactones) is 1. The molecule has 150 valence electrons. The Kier molecular flexibility index (Phi) is 6.40. The second-order valence-corrected chi connectivity index (χ2v) is 8.45. The Morgan fingerprint density at radius 1 is 1.18 bits per heavy atom. The maximum atomic E-state index is 13.4. The van der Waals surface area contributed by atoms with E-state index in [0.717, 1.165) is 15.6 Å². The molecule has 3 atom stereocenters. The Hall–Kier alpha value is -1.92. The number of hydrogen-bond acceptors (Lipinski definition) is 3. The average Bonchev–Trinajstić information content (AvgIpc) is 2.68. The van der Waals surface area contributed by atoms with Gasteiger partial charge in [0, 0.05) is 24.0 Å². The van der Waals surface area contributed by atoms with Gasteiger partial charge in [-0.15, -0.1) is 0 Å². The third kappa shape index (κ3) is 4.39. The van der Waals surface area contributed by atoms with Gasteiger partial charge in [0.15, 0.2) is 0 Å². The Labute approximate surface area is 173 Å². The Balaban J connectivity index is 1.84. The van der Waals surface area contributed by atoms with E-state index in [1.54, 1.807) is 17.0 Å². The van der Waals surface area contributed by atoms with Crippen molar-refractivity contribution in [1.29, 1.82) is 0 Å². The lowest BCUT2D eigenvalue weighted by Crippen LogP contribution is -2.49. The van der Waals surface area contributed by atoms with Crippen LogP contribution in [0.3, 0.4) is 0 Å². The first kappa shape index (κ1) is 20.8. The zero-order chi connectivity index (χ0) is 20.3. The number of halogens is 2. The van der Waals surface area contributed by atoms with Crippen molar-refractivity contribution in [1.82, 2.24) is 4.90 Å². The average molecular weight is 450 g/mol. The van der Waals surface area contributed by atoms with Gasteiger partial charge < -0.3 is 14.7 Å². The molecule has 1 aliphatic rings. The fourth-order valence-corrected chi connectivity index (χ4v) is 4.05. The van der Waals surface area contributed by atoms with Gasteiger partial charge in [0.1, 0.15) is 11.4 Å². The summed E-state index contributed by atoms with van der Waals surface area (Å²) in [6, 6.07) is 13.8. The van der Waals surface area contributed by atoms with Gasteiger partial charge in [-0.3, -0.25) is 0 Å². The van der Waals surface area contributed by atoms with Crippen molar-refractivity contribution in [2.24, 2.45) is 5.92 Å². The zero-order valence-corrected chi connectivity index (χ0v) is 17.7. The highest BCUT2D eigenvalue weighted by molar-refractivity contribution is 9.10. The molecule has 2 aromatic carbocycles. The van der Waals surface area contributed by atoms with Crippen molar-refractivity contribution in [3.05, 3.63) is 69.9 Å². The molecule has 0 radical (unpaired) electrons. The number of carbonyl (C=O) groups excluding carboxylic acids is 1. The molecule has 0 spiro atoms. The first-order valence-corrected chi connectivity index (χ1v) is 10.3. The lowest BCUT2D eigenvalue weighted by atomic mass is 9.81. The molecule has 2 aromatic rings. The summed E-state index contributed by atoms with van der Waals surface area (Å²) in [4.78, 5) is 14.7. The highest BCUT2D eigenvalue weighted by Crippen LogP contribution is 2.41. The van der Waals surface area contributed by atoms with Crippen molar-refractivity contribution in [3.63, 3.8) is 0 Å². The molecule has 6 heteroatoms. The van der Waals surface area contributed by atoms with Gasteiger partial charge >= 0.3 is 6.09 Å². The van der Waals surface area contributed by atoms with E-state index >= 15 is 0 Å². The molecule has 0 saturated carbocycles. The minimum absolute atomic E-state index is 0.000491. The van der Waals surface area contributed by atoms with Crippen molar-refractivity contribution < 1.29 is 19.0 Å². The molecule has 1 saturated heterocycles. The van der Waals surface area contributed by atoms with Crippen LogP contribution in [-0.2, 0) is 10.3 Å². The second-order valence-electron chi connectivity index (χ2n) is 7.53. The minimum atomic E-state index is -0.858. The molecule has 4 nitrogen and oxygen atoms in total. The normalized spacial score (nSPS) is 21.9. The SMILES string of the molecule is CC(CO)C[C@]1(c2ccc(F)cc2)CCN(C(C)c2ccc(Br)cc2)C(=O)O1. The van der Waals surface area contributed by atoms with Crippen LogP contribution in [0.4, 0.5) is 9.18 Å². The Bertz CT molecular complexity index is 812. The number of benzene rings is 2. The molecule has 28 heavy (non-hydrogen) atoms. The van der Waals surface area contributed by atoms with E-state index < -0.39 is 11.7 Å². The summed E-state index contributed by atoms with van der Waals surface area (Å²) >= 11 is 3.43. The van der Waals surface area contributed by atoms with Gasteiger partial charge in [-0.05, 0) is 54.7 Å². The van der Waals surface area contributed by atoms with Gasteiger partial charge in [-0.25, -0.2) is 9.18 Å². The van der Waals surface area contributed by atoms with Gasteiger partial charge in [-0.2, -0.15) is 0 Å². The fourth-order valence-electron chi connectivity index (χ4n) is 3.79. The number of aliphatic hydroxyl groups excluding tert-OH is 1. The smallest absolute Gasteiger partial charge is 0.411 e. The van der Waals surface area contributed by atoms with E-state index in [4.69, 9.17) is 4.74 Å². The van der Waals surface area contributed by atoms with Crippen LogP contribution >= 0.6 is 15.9 Å². The van der Waals surface area contributed by atoms with Gasteiger partial charge in [0.05, 0.1) is 6.04 Å². The summed E-state index contributed by atoms with van der Waals surface area (Å²) in [6.45, 7) is 4.41. The van der Waals surface area contributed by atoms with Crippen LogP contribution in [0.5, 0.6) is 0 Å². The van der Waals surface area contributed by atoms with Crippen LogP contribution in [0, 0.1) is 11.7 Å². The molecule has 1 heterocycles. The highest BCUT2D eigenvalue weighted by atomic mass is 79.9. The summed E-state index contributed by atoms with van der Waals surface area (Å²) < 4.78 is 20.4. The van der Waals surface area contributed by atoms with E-state index in [2.05, 4.69) is 15.9 Å². The number of hydrogen-bond donors (Lipinski definition) is 1. The van der Waals surface area contributed by atoms with Gasteiger partial charge in [0.2, 0.25) is 0 Å². The summed E-state index contributed by atoms with van der Waals surface area (Å²) in [6.07, 6.45) is 0.674. The van der Waals surface area contributed by atoms with E-state index in [9.17, 15) is 14.3 Å². The molecular weight excluding hydrogens is 425 g/mol. The van der Waals surface area contributed by atoms with Crippen LogP contribution in [0.2, 0.25) is 0 Å². The molecule has 3 rings (SSSR count). The number of carbonyl (C=O) groups is 1. The predicted molar refractivity (Wildman–Crippen MR) is 109 cm³/mol. The lowest BCUT2D eigenvalue weighted by molar-refractivity contribution is -0.0755. The topological polar surface area (TPSA) is 49.8 Å². The summed E-state index contributed by atoms with van der Waals surface area (Å²) in [5.41, 5.74) is 0.930. The van der Waals surface area contributed by atoms with Crippen LogP contribution in [0.1, 0.15) is 43.9 Å². The largest absolute Gasteiger partial charge is 0.438 e. The molecule has 1 N–H and O–H groups in total. The van der Waals surface area contributed by atoms with Crippen molar-refractivity contribution in [2.45, 2.75) is 38.3 Å². The van der Waals surface area contributed by atoms with Crippen molar-refractivity contribution in [2.75, 3.05) is 13.2 Å². The van der Waals surface area contributed by atoms with E-state index in [0.29, 0.717) is 19.4 Å². The maximum Gasteiger partial charge on any atom is 0.411 e. The summed E-state index contributed by atoms with van der Waals surface area (Å²) in [5.74, 6) is -0.380. The first-order valence-electron chi connectivity index (χ1n) is 9.46. The molecule has 2 unspecified atom stereocenters.